The zero-order valence-corrected chi connectivity index (χ0v) is 18.2. The number of thioether (sulfide) groups is 1. The predicted octanol–water partition coefficient (Wildman–Crippen LogP) is 5.02. The molecule has 0 atom stereocenters. The van der Waals surface area contributed by atoms with Crippen molar-refractivity contribution in [1.29, 1.82) is 0 Å². The van der Waals surface area contributed by atoms with Crippen molar-refractivity contribution in [1.82, 2.24) is 0 Å². The van der Waals surface area contributed by atoms with Crippen LogP contribution in [0.4, 0.5) is 0 Å². The fourth-order valence-corrected chi connectivity index (χ4v) is 4.54. The molecule has 0 saturated heterocycles. The molecule has 0 aromatic rings. The van der Waals surface area contributed by atoms with Crippen molar-refractivity contribution in [2.24, 2.45) is 0 Å². The van der Waals surface area contributed by atoms with Gasteiger partial charge in [0, 0.05) is 12.2 Å². The van der Waals surface area contributed by atoms with Crippen LogP contribution >= 0.6 is 11.8 Å². The van der Waals surface area contributed by atoms with Gasteiger partial charge in [-0.2, -0.15) is 0 Å². The Balaban J connectivity index is 3.81. The average molecular weight is 347 g/mol. The second-order valence-corrected chi connectivity index (χ2v) is 7.94. The number of hydrogen-bond acceptors (Lipinski definition) is 3. The first-order valence-electron chi connectivity index (χ1n) is 9.34. The smallest absolute Gasteiger partial charge is 0.188 e. The lowest BCUT2D eigenvalue weighted by Gasteiger charge is -2.33. The molecule has 2 nitrogen and oxygen atoms in total. The molecule has 0 spiro atoms. The van der Waals surface area contributed by atoms with Crippen LogP contribution in [-0.4, -0.2) is 27.0 Å². The molecule has 0 saturated carbocycles. The van der Waals surface area contributed by atoms with Crippen molar-refractivity contribution in [3.05, 3.63) is 0 Å². The van der Waals surface area contributed by atoms with Gasteiger partial charge < -0.3 is 4.43 Å². The van der Waals surface area contributed by atoms with Crippen molar-refractivity contribution in [3.8, 4) is 0 Å². The molecule has 0 bridgehead atoms. The Labute approximate surface area is 146 Å². The van der Waals surface area contributed by atoms with Gasteiger partial charge in [0.05, 0.1) is 5.60 Å². The Kier molecular flexibility index (Phi) is 14.9. The maximum atomic E-state index is 11.9. The van der Waals surface area contributed by atoms with Gasteiger partial charge in [-0.3, -0.25) is 4.79 Å². The maximum absolute atomic E-state index is 11.9. The number of unbranched alkanes of at least 4 members (excludes halogenated alkanes) is 4. The normalized spacial score (nSPS) is 12.0. The summed E-state index contributed by atoms with van der Waals surface area (Å²) < 4.78 is 5.97. The number of rotatable bonds is 15. The highest BCUT2D eigenvalue weighted by molar-refractivity contribution is 8.13. The lowest BCUT2D eigenvalue weighted by molar-refractivity contribution is -0.111. The fraction of sp³-hybridized carbons (Fsp3) is 0.944. The number of hydrogen-bond donors (Lipinski definition) is 0. The van der Waals surface area contributed by atoms with Crippen LogP contribution in [0, 0.1) is 0 Å². The minimum atomic E-state index is 0.111. The van der Waals surface area contributed by atoms with Gasteiger partial charge in [-0.15, -0.1) is 0 Å². The summed E-state index contributed by atoms with van der Waals surface area (Å²) in [6, 6.07) is 0. The van der Waals surface area contributed by atoms with Crippen molar-refractivity contribution < 1.29 is 9.22 Å². The molecule has 0 fully saturated rings. The highest BCUT2D eigenvalue weighted by Crippen LogP contribution is 2.29. The second-order valence-electron chi connectivity index (χ2n) is 6.38. The van der Waals surface area contributed by atoms with E-state index in [9.17, 15) is 4.79 Å². The number of carbonyl (C=O) groups excluding carboxylic acids is 1. The summed E-state index contributed by atoms with van der Waals surface area (Å²) in [7, 11) is 0.818. The SMILES string of the molecule is CCCCCCCC(=O)SCCCC(CCC)(CCC)O[SiH3]. The zero-order chi connectivity index (χ0) is 16.7. The molecular formula is C18H38O2SSi. The molecule has 22 heavy (non-hydrogen) atoms. The Morgan fingerprint density at radius 2 is 1.55 bits per heavy atom. The number of carbonyl (C=O) groups is 1. The van der Waals surface area contributed by atoms with Crippen molar-refractivity contribution >= 4 is 27.4 Å². The van der Waals surface area contributed by atoms with E-state index < -0.39 is 0 Å². The third kappa shape index (κ3) is 10.8. The van der Waals surface area contributed by atoms with Gasteiger partial charge in [-0.05, 0) is 32.1 Å². The zero-order valence-electron chi connectivity index (χ0n) is 15.4. The van der Waals surface area contributed by atoms with Gasteiger partial charge >= 0.3 is 0 Å². The molecule has 0 amide bonds. The van der Waals surface area contributed by atoms with Crippen molar-refractivity contribution in [3.63, 3.8) is 0 Å². The van der Waals surface area contributed by atoms with Crippen LogP contribution in [-0.2, 0) is 9.22 Å². The Morgan fingerprint density at radius 3 is 2.09 bits per heavy atom. The molecule has 0 aromatic heterocycles. The van der Waals surface area contributed by atoms with Gasteiger partial charge in [0.25, 0.3) is 0 Å². The largest absolute Gasteiger partial charge is 0.422 e. The quantitative estimate of drug-likeness (QED) is 0.307. The van der Waals surface area contributed by atoms with Gasteiger partial charge in [-0.1, -0.05) is 71.1 Å². The molecule has 132 valence electrons. The molecule has 0 aliphatic heterocycles. The molecule has 0 rings (SSSR count). The standard InChI is InChI=1S/C18H38O2SSi/c1-4-7-8-9-10-12-17(19)21-16-11-15-18(20-22,13-5-2)14-6-3/h4-16H2,1-3,22H3. The highest BCUT2D eigenvalue weighted by atomic mass is 32.2. The third-order valence-electron chi connectivity index (χ3n) is 4.37. The first kappa shape index (κ1) is 22.2. The van der Waals surface area contributed by atoms with E-state index in [1.165, 1.54) is 51.4 Å². The van der Waals surface area contributed by atoms with Crippen LogP contribution in [0.5, 0.6) is 0 Å². The summed E-state index contributed by atoms with van der Waals surface area (Å²) in [4.78, 5) is 11.9. The monoisotopic (exact) mass is 346 g/mol. The Bertz CT molecular complexity index is 266. The first-order chi connectivity index (χ1) is 10.6. The minimum Gasteiger partial charge on any atom is -0.422 e. The summed E-state index contributed by atoms with van der Waals surface area (Å²) in [6.45, 7) is 6.70. The summed E-state index contributed by atoms with van der Waals surface area (Å²) in [5, 5.41) is 0.389. The second kappa shape index (κ2) is 14.8. The topological polar surface area (TPSA) is 26.3 Å². The molecule has 0 heterocycles. The van der Waals surface area contributed by atoms with Crippen LogP contribution in [0.15, 0.2) is 0 Å². The third-order valence-corrected chi connectivity index (χ3v) is 6.25. The van der Waals surface area contributed by atoms with Crippen LogP contribution in [0.25, 0.3) is 0 Å². The van der Waals surface area contributed by atoms with Crippen molar-refractivity contribution in [2.45, 2.75) is 103 Å². The lowest BCUT2D eigenvalue weighted by Crippen LogP contribution is -2.32. The van der Waals surface area contributed by atoms with Crippen LogP contribution in [0.1, 0.15) is 97.8 Å². The molecule has 0 aromatic carbocycles. The van der Waals surface area contributed by atoms with E-state index in [4.69, 9.17) is 4.43 Å². The summed E-state index contributed by atoms with van der Waals surface area (Å²) >= 11 is 1.54. The minimum absolute atomic E-state index is 0.111. The molecule has 0 unspecified atom stereocenters. The summed E-state index contributed by atoms with van der Waals surface area (Å²) in [6.07, 6.45) is 13.8. The molecule has 0 N–H and O–H groups in total. The molecule has 4 heteroatoms. The van der Waals surface area contributed by atoms with E-state index in [1.807, 2.05) is 0 Å². The van der Waals surface area contributed by atoms with E-state index in [2.05, 4.69) is 20.8 Å². The van der Waals surface area contributed by atoms with Gasteiger partial charge in [0.2, 0.25) is 0 Å². The van der Waals surface area contributed by atoms with Crippen LogP contribution < -0.4 is 0 Å². The van der Waals surface area contributed by atoms with Crippen LogP contribution in [0.2, 0.25) is 0 Å². The molecule has 0 aliphatic carbocycles. The van der Waals surface area contributed by atoms with Gasteiger partial charge in [-0.25, -0.2) is 0 Å². The maximum Gasteiger partial charge on any atom is 0.188 e. The Hall–Kier alpha value is 0.197. The van der Waals surface area contributed by atoms with E-state index >= 15 is 0 Å². The van der Waals surface area contributed by atoms with Gasteiger partial charge in [0.15, 0.2) is 5.12 Å². The lowest BCUT2D eigenvalue weighted by atomic mass is 9.88. The summed E-state index contributed by atoms with van der Waals surface area (Å²) in [5.41, 5.74) is 0.111. The first-order valence-corrected chi connectivity index (χ1v) is 11.1. The highest BCUT2D eigenvalue weighted by Gasteiger charge is 2.26. The van der Waals surface area contributed by atoms with Gasteiger partial charge in [0.1, 0.15) is 10.5 Å². The molecule has 0 aliphatic rings. The molecular weight excluding hydrogens is 308 g/mol. The Morgan fingerprint density at radius 1 is 0.909 bits per heavy atom. The van der Waals surface area contributed by atoms with E-state index in [0.29, 0.717) is 5.12 Å². The average Bonchev–Trinajstić information content (AvgIpc) is 2.51. The van der Waals surface area contributed by atoms with E-state index in [1.54, 1.807) is 11.8 Å². The van der Waals surface area contributed by atoms with Crippen molar-refractivity contribution in [2.75, 3.05) is 5.75 Å². The summed E-state index contributed by atoms with van der Waals surface area (Å²) in [5.74, 6) is 0.966. The van der Waals surface area contributed by atoms with Crippen LogP contribution in [0.3, 0.4) is 0 Å². The molecule has 0 radical (unpaired) electrons. The van der Waals surface area contributed by atoms with E-state index in [-0.39, 0.29) is 5.60 Å². The van der Waals surface area contributed by atoms with E-state index in [0.717, 1.165) is 41.9 Å². The fourth-order valence-electron chi connectivity index (χ4n) is 3.12. The predicted molar refractivity (Wildman–Crippen MR) is 104 cm³/mol.